The van der Waals surface area contributed by atoms with Gasteiger partial charge in [0.05, 0.1) is 0 Å². The quantitative estimate of drug-likeness (QED) is 0.374. The fourth-order valence-electron chi connectivity index (χ4n) is 4.03. The fraction of sp³-hybridized carbons (Fsp3) is 0.571. The van der Waals surface area contributed by atoms with E-state index in [0.717, 1.165) is 54.8 Å². The zero-order chi connectivity index (χ0) is 17.9. The molecule has 0 amide bonds. The molecule has 2 heterocycles. The van der Waals surface area contributed by atoms with E-state index in [4.69, 9.17) is 9.41 Å². The van der Waals surface area contributed by atoms with E-state index in [1.807, 2.05) is 18.2 Å². The second-order valence-corrected chi connectivity index (χ2v) is 7.62. The van der Waals surface area contributed by atoms with Crippen molar-refractivity contribution in [3.8, 4) is 0 Å². The third-order valence-corrected chi connectivity index (χ3v) is 5.43. The van der Waals surface area contributed by atoms with Crippen LogP contribution in [-0.2, 0) is 6.42 Å². The van der Waals surface area contributed by atoms with Gasteiger partial charge < -0.3 is 15.1 Å². The van der Waals surface area contributed by atoms with Crippen molar-refractivity contribution in [2.45, 2.75) is 57.7 Å². The lowest BCUT2D eigenvalue weighted by molar-refractivity contribution is 0.256. The van der Waals surface area contributed by atoms with E-state index in [9.17, 15) is 0 Å². The lowest BCUT2D eigenvalue weighted by atomic mass is 10.2. The molecular formula is C21H31IN4O. The van der Waals surface area contributed by atoms with Crippen LogP contribution in [0, 0.1) is 0 Å². The fourth-order valence-corrected chi connectivity index (χ4v) is 4.03. The first-order chi connectivity index (χ1) is 12.7. The highest BCUT2D eigenvalue weighted by Gasteiger charge is 2.38. The van der Waals surface area contributed by atoms with Gasteiger partial charge in [-0.2, -0.15) is 0 Å². The molecule has 27 heavy (non-hydrogen) atoms. The number of hydrogen-bond donors (Lipinski definition) is 2. The predicted octanol–water partition coefficient (Wildman–Crippen LogP) is 3.77. The number of hydrogen-bond acceptors (Lipinski definition) is 3. The van der Waals surface area contributed by atoms with Crippen molar-refractivity contribution >= 4 is 40.9 Å². The predicted molar refractivity (Wildman–Crippen MR) is 122 cm³/mol. The molecular weight excluding hydrogens is 451 g/mol. The summed E-state index contributed by atoms with van der Waals surface area (Å²) in [4.78, 5) is 7.43. The van der Waals surface area contributed by atoms with E-state index in [2.05, 4.69) is 41.5 Å². The number of likely N-dealkylation sites (tertiary alicyclic amines) is 1. The number of para-hydroxylation sites is 1. The Morgan fingerprint density at radius 3 is 2.85 bits per heavy atom. The first-order valence-corrected chi connectivity index (χ1v) is 10.0. The van der Waals surface area contributed by atoms with Gasteiger partial charge in [0, 0.05) is 49.6 Å². The Labute approximate surface area is 179 Å². The molecule has 2 N–H and O–H groups in total. The largest absolute Gasteiger partial charge is 0.461 e. The third-order valence-electron chi connectivity index (χ3n) is 5.43. The van der Waals surface area contributed by atoms with E-state index in [1.54, 1.807) is 0 Å². The molecule has 2 aromatic rings. The summed E-state index contributed by atoms with van der Waals surface area (Å²) in [6.45, 7) is 7.21. The summed E-state index contributed by atoms with van der Waals surface area (Å²) >= 11 is 0. The van der Waals surface area contributed by atoms with Gasteiger partial charge in [-0.3, -0.25) is 9.89 Å². The van der Waals surface area contributed by atoms with Crippen LogP contribution in [-0.4, -0.2) is 48.6 Å². The molecule has 1 aromatic heterocycles. The summed E-state index contributed by atoms with van der Waals surface area (Å²) in [5.41, 5.74) is 0.955. The molecule has 2 aliphatic rings. The van der Waals surface area contributed by atoms with E-state index in [-0.39, 0.29) is 24.0 Å². The number of nitrogens with one attached hydrogen (secondary N) is 2. The van der Waals surface area contributed by atoms with Gasteiger partial charge in [0.2, 0.25) is 0 Å². The van der Waals surface area contributed by atoms with Crippen LogP contribution >= 0.6 is 24.0 Å². The highest BCUT2D eigenvalue weighted by Crippen LogP contribution is 2.33. The van der Waals surface area contributed by atoms with Crippen molar-refractivity contribution in [3.05, 3.63) is 36.1 Å². The highest BCUT2D eigenvalue weighted by atomic mass is 127. The minimum Gasteiger partial charge on any atom is -0.461 e. The molecule has 2 unspecified atom stereocenters. The molecule has 2 fully saturated rings. The van der Waals surface area contributed by atoms with Gasteiger partial charge in [0.25, 0.3) is 0 Å². The average Bonchev–Trinajstić information content (AvgIpc) is 3.28. The van der Waals surface area contributed by atoms with E-state index >= 15 is 0 Å². The van der Waals surface area contributed by atoms with Crippen molar-refractivity contribution in [3.63, 3.8) is 0 Å². The molecule has 0 radical (unpaired) electrons. The van der Waals surface area contributed by atoms with Crippen LogP contribution in [0.1, 0.15) is 38.9 Å². The zero-order valence-corrected chi connectivity index (χ0v) is 18.6. The molecule has 0 spiro atoms. The van der Waals surface area contributed by atoms with Crippen LogP contribution in [0.25, 0.3) is 11.0 Å². The summed E-state index contributed by atoms with van der Waals surface area (Å²) in [7, 11) is 0. The number of fused-ring (bicyclic) bond motifs is 1. The number of furan rings is 1. The molecule has 1 saturated carbocycles. The Morgan fingerprint density at radius 2 is 2.11 bits per heavy atom. The van der Waals surface area contributed by atoms with Gasteiger partial charge in [0.15, 0.2) is 5.96 Å². The third kappa shape index (κ3) is 5.16. The van der Waals surface area contributed by atoms with Gasteiger partial charge in [-0.15, -0.1) is 24.0 Å². The first kappa shape index (κ1) is 20.5. The molecule has 5 nitrogen and oxygen atoms in total. The van der Waals surface area contributed by atoms with Gasteiger partial charge in [-0.25, -0.2) is 0 Å². The molecule has 1 aromatic carbocycles. The first-order valence-electron chi connectivity index (χ1n) is 10.0. The smallest absolute Gasteiger partial charge is 0.191 e. The minimum atomic E-state index is 0. The van der Waals surface area contributed by atoms with Crippen molar-refractivity contribution in [2.24, 2.45) is 4.99 Å². The van der Waals surface area contributed by atoms with Crippen molar-refractivity contribution < 1.29 is 4.42 Å². The second-order valence-electron chi connectivity index (χ2n) is 7.62. The molecule has 0 bridgehead atoms. The summed E-state index contributed by atoms with van der Waals surface area (Å²) in [5, 5.41) is 8.19. The molecule has 1 saturated heterocycles. The summed E-state index contributed by atoms with van der Waals surface area (Å²) in [6, 6.07) is 12.3. The molecule has 2 atom stereocenters. The van der Waals surface area contributed by atoms with Crippen molar-refractivity contribution in [1.29, 1.82) is 0 Å². The van der Waals surface area contributed by atoms with Crippen LogP contribution in [0.3, 0.4) is 0 Å². The lowest BCUT2D eigenvalue weighted by Gasteiger charge is -2.20. The number of nitrogens with zero attached hydrogens (tertiary/aromatic N) is 2. The zero-order valence-electron chi connectivity index (χ0n) is 16.3. The van der Waals surface area contributed by atoms with Crippen molar-refractivity contribution in [2.75, 3.05) is 19.6 Å². The number of benzene rings is 1. The van der Waals surface area contributed by atoms with E-state index in [1.165, 1.54) is 19.3 Å². The van der Waals surface area contributed by atoms with Gasteiger partial charge in [0.1, 0.15) is 11.3 Å². The monoisotopic (exact) mass is 482 g/mol. The molecule has 6 heteroatoms. The Kier molecular flexibility index (Phi) is 7.03. The average molecular weight is 482 g/mol. The standard InChI is InChI=1S/C21H30N4O.HI/c1-3-22-21(24-17-12-15(2)25(14-17)18-8-9-18)23-11-10-19-13-16-6-4-5-7-20(16)26-19;/h4-7,13,15,17-18H,3,8-12,14H2,1-2H3,(H2,22,23,24);1H. The molecule has 148 valence electrons. The normalized spacial score (nSPS) is 23.4. The Hall–Kier alpha value is -1.28. The SMILES string of the molecule is CCNC(=NCCc1cc2ccccc2o1)NC1CC(C)N(C2CC2)C1.I. The maximum atomic E-state index is 5.89. The highest BCUT2D eigenvalue weighted by molar-refractivity contribution is 14.0. The Morgan fingerprint density at radius 1 is 1.30 bits per heavy atom. The lowest BCUT2D eigenvalue weighted by Crippen LogP contribution is -2.44. The Bertz CT molecular complexity index is 737. The number of guanidine groups is 1. The van der Waals surface area contributed by atoms with Crippen LogP contribution in [0.5, 0.6) is 0 Å². The Balaban J connectivity index is 0.00000210. The minimum absolute atomic E-state index is 0. The van der Waals surface area contributed by atoms with Crippen LogP contribution in [0.15, 0.2) is 39.7 Å². The number of rotatable bonds is 6. The van der Waals surface area contributed by atoms with Gasteiger partial charge >= 0.3 is 0 Å². The summed E-state index contributed by atoms with van der Waals surface area (Å²) in [5.74, 6) is 1.93. The van der Waals surface area contributed by atoms with E-state index < -0.39 is 0 Å². The topological polar surface area (TPSA) is 52.8 Å². The number of halogens is 1. The molecule has 1 aliphatic heterocycles. The molecule has 1 aliphatic carbocycles. The van der Waals surface area contributed by atoms with Crippen LogP contribution < -0.4 is 10.6 Å². The maximum absolute atomic E-state index is 5.89. The van der Waals surface area contributed by atoms with E-state index in [0.29, 0.717) is 12.1 Å². The maximum Gasteiger partial charge on any atom is 0.191 e. The van der Waals surface area contributed by atoms with Gasteiger partial charge in [-0.1, -0.05) is 18.2 Å². The van der Waals surface area contributed by atoms with Crippen molar-refractivity contribution in [1.82, 2.24) is 15.5 Å². The molecule has 4 rings (SSSR count). The van der Waals surface area contributed by atoms with Crippen LogP contribution in [0.2, 0.25) is 0 Å². The van der Waals surface area contributed by atoms with Crippen LogP contribution in [0.4, 0.5) is 0 Å². The summed E-state index contributed by atoms with van der Waals surface area (Å²) in [6.07, 6.45) is 4.77. The summed E-state index contributed by atoms with van der Waals surface area (Å²) < 4.78 is 5.89. The number of aliphatic imine (C=N–C) groups is 1. The second kappa shape index (κ2) is 9.28. The van der Waals surface area contributed by atoms with Gasteiger partial charge in [-0.05, 0) is 45.2 Å².